The van der Waals surface area contributed by atoms with Crippen LogP contribution in [-0.2, 0) is 0 Å². The number of halogens is 3. The highest BCUT2D eigenvalue weighted by atomic mass is 19.4. The Morgan fingerprint density at radius 2 is 2.19 bits per heavy atom. The molecule has 1 heterocycles. The Hall–Kier alpha value is -1.76. The Kier molecular flexibility index (Phi) is 4.72. The van der Waals surface area contributed by atoms with Gasteiger partial charge >= 0.3 is 6.18 Å². The van der Waals surface area contributed by atoms with E-state index in [1.165, 1.54) is 12.1 Å². The van der Waals surface area contributed by atoms with Crippen LogP contribution >= 0.6 is 0 Å². The summed E-state index contributed by atoms with van der Waals surface area (Å²) >= 11 is 0. The van der Waals surface area contributed by atoms with E-state index >= 15 is 0 Å². The molecule has 0 amide bonds. The number of carbonyl (C=O) groups excluding carboxylic acids is 1. The van der Waals surface area contributed by atoms with Crippen LogP contribution in [-0.4, -0.2) is 38.2 Å². The van der Waals surface area contributed by atoms with Crippen molar-refractivity contribution >= 4 is 12.0 Å². The summed E-state index contributed by atoms with van der Waals surface area (Å²) in [4.78, 5) is 13.0. The quantitative estimate of drug-likeness (QED) is 0.868. The van der Waals surface area contributed by atoms with Crippen LogP contribution in [0.1, 0.15) is 23.2 Å². The molecule has 2 rings (SSSR count). The minimum atomic E-state index is -4.42. The van der Waals surface area contributed by atoms with E-state index in [0.717, 1.165) is 12.8 Å². The van der Waals surface area contributed by atoms with Crippen molar-refractivity contribution in [2.45, 2.75) is 25.1 Å². The second-order valence-corrected chi connectivity index (χ2v) is 5.06. The first-order valence-corrected chi connectivity index (χ1v) is 6.69. The van der Waals surface area contributed by atoms with Crippen molar-refractivity contribution in [3.8, 4) is 5.75 Å². The molecule has 1 aliphatic heterocycles. The number of piperidine rings is 1. The smallest absolute Gasteiger partial charge is 0.422 e. The van der Waals surface area contributed by atoms with Gasteiger partial charge in [-0.2, -0.15) is 13.2 Å². The molecule has 7 heteroatoms. The van der Waals surface area contributed by atoms with Gasteiger partial charge in [0, 0.05) is 24.7 Å². The number of aldehydes is 1. The first kappa shape index (κ1) is 15.6. The number of hydrogen-bond acceptors (Lipinski definition) is 4. The van der Waals surface area contributed by atoms with Crippen molar-refractivity contribution in [3.63, 3.8) is 0 Å². The molecule has 1 aromatic rings. The predicted molar refractivity (Wildman–Crippen MR) is 72.8 cm³/mol. The van der Waals surface area contributed by atoms with E-state index in [-0.39, 0.29) is 11.8 Å². The van der Waals surface area contributed by atoms with Gasteiger partial charge in [0.2, 0.25) is 0 Å². The van der Waals surface area contributed by atoms with E-state index in [4.69, 9.17) is 10.5 Å². The van der Waals surface area contributed by atoms with Crippen LogP contribution in [0.25, 0.3) is 0 Å². The van der Waals surface area contributed by atoms with Gasteiger partial charge in [-0.1, -0.05) is 6.07 Å². The molecule has 0 bridgehead atoms. The van der Waals surface area contributed by atoms with Crippen LogP contribution in [0.2, 0.25) is 0 Å². The Bertz CT molecular complexity index is 505. The molecule has 0 saturated carbocycles. The number of nitrogens with two attached hydrogens (primary N) is 1. The molecule has 0 aliphatic carbocycles. The van der Waals surface area contributed by atoms with Crippen molar-refractivity contribution in [2.75, 3.05) is 24.6 Å². The average Bonchev–Trinajstić information content (AvgIpc) is 2.43. The molecule has 1 aliphatic rings. The van der Waals surface area contributed by atoms with E-state index in [1.807, 2.05) is 4.90 Å². The van der Waals surface area contributed by atoms with Gasteiger partial charge in [-0.05, 0) is 25.0 Å². The lowest BCUT2D eigenvalue weighted by atomic mass is 10.0. The van der Waals surface area contributed by atoms with Gasteiger partial charge in [0.1, 0.15) is 5.75 Å². The average molecular weight is 302 g/mol. The van der Waals surface area contributed by atoms with E-state index in [9.17, 15) is 18.0 Å². The molecule has 116 valence electrons. The summed E-state index contributed by atoms with van der Waals surface area (Å²) in [5, 5.41) is 0. The Balaban J connectivity index is 2.29. The fourth-order valence-electron chi connectivity index (χ4n) is 2.46. The highest BCUT2D eigenvalue weighted by Gasteiger charge is 2.30. The minimum absolute atomic E-state index is 0.0611. The molecule has 2 N–H and O–H groups in total. The number of alkyl halides is 3. The molecule has 0 spiro atoms. The number of carbonyl (C=O) groups is 1. The predicted octanol–water partition coefficient (Wildman–Crippen LogP) is 2.37. The van der Waals surface area contributed by atoms with Crippen molar-refractivity contribution in [2.24, 2.45) is 5.73 Å². The lowest BCUT2D eigenvalue weighted by Gasteiger charge is -2.34. The molecule has 21 heavy (non-hydrogen) atoms. The summed E-state index contributed by atoms with van der Waals surface area (Å²) in [6.07, 6.45) is -2.12. The Morgan fingerprint density at radius 3 is 2.81 bits per heavy atom. The SMILES string of the molecule is N[C@@H]1CCCN(c2c(C=O)cccc2OCC(F)(F)F)C1. The molecule has 0 radical (unpaired) electrons. The van der Waals surface area contributed by atoms with Gasteiger partial charge in [-0.15, -0.1) is 0 Å². The normalized spacial score (nSPS) is 19.4. The highest BCUT2D eigenvalue weighted by molar-refractivity contribution is 5.87. The standard InChI is InChI=1S/C14H17F3N2O2/c15-14(16,17)9-21-12-5-1-3-10(8-20)13(12)19-6-2-4-11(18)7-19/h1,3,5,8,11H,2,4,6-7,9,18H2/t11-/m1/s1. The van der Waals surface area contributed by atoms with E-state index in [0.29, 0.717) is 30.6 Å². The van der Waals surface area contributed by atoms with Crippen LogP contribution in [0.4, 0.5) is 18.9 Å². The van der Waals surface area contributed by atoms with Crippen LogP contribution in [0, 0.1) is 0 Å². The molecular formula is C14H17F3N2O2. The molecule has 4 nitrogen and oxygen atoms in total. The maximum atomic E-state index is 12.3. The summed E-state index contributed by atoms with van der Waals surface area (Å²) in [6.45, 7) is -0.254. The summed E-state index contributed by atoms with van der Waals surface area (Å²) in [7, 11) is 0. The van der Waals surface area contributed by atoms with Gasteiger partial charge in [0.05, 0.1) is 5.69 Å². The number of ether oxygens (including phenoxy) is 1. The van der Waals surface area contributed by atoms with E-state index < -0.39 is 12.8 Å². The zero-order chi connectivity index (χ0) is 15.5. The number of benzene rings is 1. The fourth-order valence-corrected chi connectivity index (χ4v) is 2.46. The zero-order valence-corrected chi connectivity index (χ0v) is 11.4. The van der Waals surface area contributed by atoms with E-state index in [1.54, 1.807) is 6.07 Å². The molecule has 1 saturated heterocycles. The molecular weight excluding hydrogens is 285 g/mol. The first-order valence-electron chi connectivity index (χ1n) is 6.69. The molecule has 1 atom stereocenters. The number of para-hydroxylation sites is 1. The van der Waals surface area contributed by atoms with E-state index in [2.05, 4.69) is 0 Å². The highest BCUT2D eigenvalue weighted by Crippen LogP contribution is 2.34. The third-order valence-corrected chi connectivity index (χ3v) is 3.32. The van der Waals surface area contributed by atoms with Gasteiger partial charge in [-0.25, -0.2) is 0 Å². The van der Waals surface area contributed by atoms with Crippen LogP contribution in [0.15, 0.2) is 18.2 Å². The molecule has 0 aromatic heterocycles. The number of hydrogen-bond donors (Lipinski definition) is 1. The molecule has 1 fully saturated rings. The second-order valence-electron chi connectivity index (χ2n) is 5.06. The molecule has 1 aromatic carbocycles. The van der Waals surface area contributed by atoms with Crippen molar-refractivity contribution in [1.82, 2.24) is 0 Å². The lowest BCUT2D eigenvalue weighted by Crippen LogP contribution is -2.43. The lowest BCUT2D eigenvalue weighted by molar-refractivity contribution is -0.153. The van der Waals surface area contributed by atoms with Crippen LogP contribution < -0.4 is 15.4 Å². The van der Waals surface area contributed by atoms with Crippen LogP contribution in [0.5, 0.6) is 5.75 Å². The summed E-state index contributed by atoms with van der Waals surface area (Å²) in [5.74, 6) is 0.0611. The number of rotatable bonds is 4. The summed E-state index contributed by atoms with van der Waals surface area (Å²) in [5.41, 5.74) is 6.60. The van der Waals surface area contributed by atoms with Gasteiger partial charge < -0.3 is 15.4 Å². The monoisotopic (exact) mass is 302 g/mol. The minimum Gasteiger partial charge on any atom is -0.482 e. The zero-order valence-electron chi connectivity index (χ0n) is 11.4. The first-order chi connectivity index (χ1) is 9.90. The van der Waals surface area contributed by atoms with Gasteiger partial charge in [-0.3, -0.25) is 4.79 Å². The maximum Gasteiger partial charge on any atom is 0.422 e. The second kappa shape index (κ2) is 6.34. The van der Waals surface area contributed by atoms with Crippen molar-refractivity contribution < 1.29 is 22.7 Å². The van der Waals surface area contributed by atoms with Gasteiger partial charge in [0.25, 0.3) is 0 Å². The maximum absolute atomic E-state index is 12.3. The largest absolute Gasteiger partial charge is 0.482 e. The van der Waals surface area contributed by atoms with Crippen LogP contribution in [0.3, 0.4) is 0 Å². The third kappa shape index (κ3) is 4.10. The molecule has 0 unspecified atom stereocenters. The topological polar surface area (TPSA) is 55.6 Å². The summed E-state index contributed by atoms with van der Waals surface area (Å²) < 4.78 is 41.9. The van der Waals surface area contributed by atoms with Crippen molar-refractivity contribution in [3.05, 3.63) is 23.8 Å². The Morgan fingerprint density at radius 1 is 1.43 bits per heavy atom. The van der Waals surface area contributed by atoms with Crippen molar-refractivity contribution in [1.29, 1.82) is 0 Å². The number of anilines is 1. The Labute approximate surface area is 120 Å². The fraction of sp³-hybridized carbons (Fsp3) is 0.500. The van der Waals surface area contributed by atoms with Gasteiger partial charge in [0.15, 0.2) is 12.9 Å². The number of nitrogens with zero attached hydrogens (tertiary/aromatic N) is 1. The summed E-state index contributed by atoms with van der Waals surface area (Å²) in [6, 6.07) is 4.44. The third-order valence-electron chi connectivity index (χ3n) is 3.32.